The Balaban J connectivity index is 2.20. The Morgan fingerprint density at radius 3 is 2.53 bits per heavy atom. The van der Waals surface area contributed by atoms with E-state index in [1.165, 1.54) is 22.0 Å². The summed E-state index contributed by atoms with van der Waals surface area (Å²) < 4.78 is 2.29. The van der Waals surface area contributed by atoms with E-state index < -0.39 is 0 Å². The maximum Gasteiger partial charge on any atom is 0.0673 e. The van der Waals surface area contributed by atoms with Crippen LogP contribution >= 0.6 is 0 Å². The minimum Gasteiger partial charge on any atom is -0.345 e. The molecule has 0 fully saturated rings. The first-order valence-electron chi connectivity index (χ1n) is 6.59. The van der Waals surface area contributed by atoms with Gasteiger partial charge in [0.1, 0.15) is 0 Å². The molecule has 0 aliphatic heterocycles. The van der Waals surface area contributed by atoms with E-state index in [1.54, 1.807) is 0 Å². The summed E-state index contributed by atoms with van der Waals surface area (Å²) >= 11 is 0. The number of rotatable bonds is 3. The second kappa shape index (κ2) is 4.84. The molecule has 3 heteroatoms. The molecule has 0 amide bonds. The fourth-order valence-corrected chi connectivity index (χ4v) is 2.44. The van der Waals surface area contributed by atoms with Crippen molar-refractivity contribution in [2.24, 2.45) is 5.92 Å². The van der Waals surface area contributed by atoms with Crippen molar-refractivity contribution in [1.29, 1.82) is 0 Å². The molecule has 96 valence electrons. The van der Waals surface area contributed by atoms with Gasteiger partial charge >= 0.3 is 0 Å². The van der Waals surface area contributed by atoms with Crippen molar-refractivity contribution in [2.45, 2.75) is 20.4 Å². The molecule has 3 heterocycles. The molecule has 3 aromatic rings. The van der Waals surface area contributed by atoms with Crippen molar-refractivity contribution < 1.29 is 0 Å². The van der Waals surface area contributed by atoms with Crippen molar-refractivity contribution >= 4 is 10.9 Å². The molecule has 0 atom stereocenters. The van der Waals surface area contributed by atoms with Gasteiger partial charge in [0.25, 0.3) is 0 Å². The highest BCUT2D eigenvalue weighted by Crippen LogP contribution is 2.30. The van der Waals surface area contributed by atoms with Gasteiger partial charge < -0.3 is 4.57 Å². The average Bonchev–Trinajstić information content (AvgIpc) is 2.78. The summed E-state index contributed by atoms with van der Waals surface area (Å²) in [6.45, 7) is 5.47. The molecule has 0 N–H and O–H groups in total. The Morgan fingerprint density at radius 1 is 1.05 bits per heavy atom. The first-order chi connectivity index (χ1) is 9.25. The zero-order valence-electron chi connectivity index (χ0n) is 11.2. The Hall–Kier alpha value is -2.16. The van der Waals surface area contributed by atoms with Gasteiger partial charge in [0.2, 0.25) is 0 Å². The molecule has 0 radical (unpaired) electrons. The molecule has 0 aliphatic carbocycles. The fraction of sp³-hybridized carbons (Fsp3) is 0.250. The summed E-state index contributed by atoms with van der Waals surface area (Å²) in [5.41, 5.74) is 3.65. The zero-order valence-corrected chi connectivity index (χ0v) is 11.2. The van der Waals surface area contributed by atoms with Crippen LogP contribution in [0.4, 0.5) is 0 Å². The molecule has 0 aliphatic rings. The maximum atomic E-state index is 4.25. The lowest BCUT2D eigenvalue weighted by Gasteiger charge is -2.07. The number of pyridine rings is 2. The summed E-state index contributed by atoms with van der Waals surface area (Å²) in [5.74, 6) is 0.612. The highest BCUT2D eigenvalue weighted by molar-refractivity contribution is 5.95. The number of aromatic nitrogens is 3. The summed E-state index contributed by atoms with van der Waals surface area (Å²) in [6, 6.07) is 6.19. The molecule has 0 saturated heterocycles. The van der Waals surface area contributed by atoms with E-state index in [-0.39, 0.29) is 0 Å². The van der Waals surface area contributed by atoms with Crippen LogP contribution in [-0.4, -0.2) is 14.5 Å². The molecule has 3 aromatic heterocycles. The van der Waals surface area contributed by atoms with Gasteiger partial charge in [-0.3, -0.25) is 9.97 Å². The quantitative estimate of drug-likeness (QED) is 0.709. The van der Waals surface area contributed by atoms with Crippen LogP contribution in [0.15, 0.2) is 49.2 Å². The largest absolute Gasteiger partial charge is 0.345 e. The lowest BCUT2D eigenvalue weighted by atomic mass is 10.1. The molecule has 0 unspecified atom stereocenters. The van der Waals surface area contributed by atoms with Gasteiger partial charge in [0, 0.05) is 42.3 Å². The molecule has 0 spiro atoms. The normalized spacial score (nSPS) is 11.3. The third-order valence-electron chi connectivity index (χ3n) is 3.24. The average molecular weight is 251 g/mol. The number of hydrogen-bond donors (Lipinski definition) is 0. The lowest BCUT2D eigenvalue weighted by molar-refractivity contribution is 0.535. The molecule has 0 aromatic carbocycles. The summed E-state index contributed by atoms with van der Waals surface area (Å²) in [5, 5.41) is 1.25. The third-order valence-corrected chi connectivity index (χ3v) is 3.24. The smallest absolute Gasteiger partial charge is 0.0673 e. The van der Waals surface area contributed by atoms with Gasteiger partial charge in [-0.2, -0.15) is 0 Å². The highest BCUT2D eigenvalue weighted by Gasteiger charge is 2.10. The molecule has 3 nitrogen and oxygen atoms in total. The van der Waals surface area contributed by atoms with Crippen LogP contribution in [0.25, 0.3) is 22.0 Å². The highest BCUT2D eigenvalue weighted by atomic mass is 15.0. The maximum absolute atomic E-state index is 4.25. The van der Waals surface area contributed by atoms with Crippen LogP contribution in [0.3, 0.4) is 0 Å². The Bertz CT molecular complexity index is 684. The van der Waals surface area contributed by atoms with Crippen molar-refractivity contribution in [3.05, 3.63) is 49.2 Å². The van der Waals surface area contributed by atoms with Gasteiger partial charge in [0.15, 0.2) is 0 Å². The first kappa shape index (κ1) is 11.9. The predicted molar refractivity (Wildman–Crippen MR) is 77.8 cm³/mol. The van der Waals surface area contributed by atoms with Crippen molar-refractivity contribution in [1.82, 2.24) is 14.5 Å². The standard InChI is InChI=1S/C16H17N3/c1-12(2)10-19-11-15(13-3-6-17-7-4-13)14-5-8-18-9-16(14)19/h3-9,11-12H,10H2,1-2H3. The van der Waals surface area contributed by atoms with Crippen LogP contribution in [0.2, 0.25) is 0 Å². The third kappa shape index (κ3) is 2.24. The van der Waals surface area contributed by atoms with E-state index in [4.69, 9.17) is 0 Å². The van der Waals surface area contributed by atoms with Gasteiger partial charge in [-0.15, -0.1) is 0 Å². The van der Waals surface area contributed by atoms with Gasteiger partial charge in [-0.25, -0.2) is 0 Å². The SMILES string of the molecule is CC(C)Cn1cc(-c2ccncc2)c2ccncc21. The van der Waals surface area contributed by atoms with Crippen molar-refractivity contribution in [3.63, 3.8) is 0 Å². The molecule has 3 rings (SSSR count). The number of nitrogens with zero attached hydrogens (tertiary/aromatic N) is 3. The monoisotopic (exact) mass is 251 g/mol. The van der Waals surface area contributed by atoms with Crippen LogP contribution < -0.4 is 0 Å². The van der Waals surface area contributed by atoms with Gasteiger partial charge in [-0.1, -0.05) is 13.8 Å². The number of fused-ring (bicyclic) bond motifs is 1. The van der Waals surface area contributed by atoms with E-state index in [2.05, 4.69) is 52.8 Å². The first-order valence-corrected chi connectivity index (χ1v) is 6.59. The van der Waals surface area contributed by atoms with E-state index in [1.807, 2.05) is 24.8 Å². The Labute approximate surface area is 112 Å². The van der Waals surface area contributed by atoms with E-state index in [9.17, 15) is 0 Å². The van der Waals surface area contributed by atoms with E-state index in [0.29, 0.717) is 5.92 Å². The predicted octanol–water partition coefficient (Wildman–Crippen LogP) is 3.75. The molecular weight excluding hydrogens is 234 g/mol. The van der Waals surface area contributed by atoms with Crippen molar-refractivity contribution in [3.8, 4) is 11.1 Å². The topological polar surface area (TPSA) is 30.7 Å². The van der Waals surface area contributed by atoms with Crippen molar-refractivity contribution in [2.75, 3.05) is 0 Å². The van der Waals surface area contributed by atoms with E-state index in [0.717, 1.165) is 6.54 Å². The van der Waals surface area contributed by atoms with Crippen LogP contribution in [0, 0.1) is 5.92 Å². The molecule has 19 heavy (non-hydrogen) atoms. The van der Waals surface area contributed by atoms with Gasteiger partial charge in [-0.05, 0) is 29.7 Å². The van der Waals surface area contributed by atoms with E-state index >= 15 is 0 Å². The Morgan fingerprint density at radius 2 is 1.79 bits per heavy atom. The van der Waals surface area contributed by atoms with Crippen LogP contribution in [0.1, 0.15) is 13.8 Å². The van der Waals surface area contributed by atoms with Crippen LogP contribution in [-0.2, 0) is 6.54 Å². The number of hydrogen-bond acceptors (Lipinski definition) is 2. The molecule has 0 bridgehead atoms. The molecular formula is C16H17N3. The second-order valence-electron chi connectivity index (χ2n) is 5.22. The Kier molecular flexibility index (Phi) is 3.03. The summed E-state index contributed by atoms with van der Waals surface area (Å²) in [4.78, 5) is 8.34. The van der Waals surface area contributed by atoms with Gasteiger partial charge in [0.05, 0.1) is 11.7 Å². The fourth-order valence-electron chi connectivity index (χ4n) is 2.44. The lowest BCUT2D eigenvalue weighted by Crippen LogP contribution is -2.02. The second-order valence-corrected chi connectivity index (χ2v) is 5.22. The van der Waals surface area contributed by atoms with Crippen LogP contribution in [0.5, 0.6) is 0 Å². The minimum absolute atomic E-state index is 0.612. The summed E-state index contributed by atoms with van der Waals surface area (Å²) in [7, 11) is 0. The zero-order chi connectivity index (χ0) is 13.2. The summed E-state index contributed by atoms with van der Waals surface area (Å²) in [6.07, 6.45) is 9.70. The minimum atomic E-state index is 0.612. The molecule has 0 saturated carbocycles.